The van der Waals surface area contributed by atoms with Gasteiger partial charge in [0.2, 0.25) is 5.91 Å². The number of carbonyl (C=O) groups is 2. The second kappa shape index (κ2) is 8.26. The average Bonchev–Trinajstić information content (AvgIpc) is 2.54. The number of amides is 1. The first kappa shape index (κ1) is 16.9. The zero-order valence-corrected chi connectivity index (χ0v) is 12.7. The predicted octanol–water partition coefficient (Wildman–Crippen LogP) is 1.59. The summed E-state index contributed by atoms with van der Waals surface area (Å²) in [5.41, 5.74) is 0.633. The van der Waals surface area contributed by atoms with Crippen molar-refractivity contribution in [1.82, 2.24) is 5.32 Å². The summed E-state index contributed by atoms with van der Waals surface area (Å²) in [6.07, 6.45) is 0.268. The van der Waals surface area contributed by atoms with Crippen molar-refractivity contribution >= 4 is 28.3 Å². The Morgan fingerprint density at radius 3 is 2.52 bits per heavy atom. The van der Waals surface area contributed by atoms with E-state index in [4.69, 9.17) is 10.2 Å². The zero-order valence-electron chi connectivity index (χ0n) is 12.7. The Labute approximate surface area is 134 Å². The summed E-state index contributed by atoms with van der Waals surface area (Å²) in [6.45, 7) is 0.319. The molecule has 4 N–H and O–H groups in total. The Hall–Kier alpha value is -2.44. The van der Waals surface area contributed by atoms with E-state index in [1.807, 2.05) is 36.4 Å². The Kier molecular flexibility index (Phi) is 6.08. The third kappa shape index (κ3) is 5.05. The van der Waals surface area contributed by atoms with Crippen LogP contribution in [-0.4, -0.2) is 41.3 Å². The minimum Gasteiger partial charge on any atom is -0.480 e. The second-order valence-corrected chi connectivity index (χ2v) is 5.24. The zero-order chi connectivity index (χ0) is 16.7. The Morgan fingerprint density at radius 2 is 1.83 bits per heavy atom. The van der Waals surface area contributed by atoms with E-state index < -0.39 is 12.0 Å². The maximum atomic E-state index is 12.0. The number of hydrogen-bond acceptors (Lipinski definition) is 4. The fourth-order valence-electron chi connectivity index (χ4n) is 2.27. The summed E-state index contributed by atoms with van der Waals surface area (Å²) in [5, 5.41) is 25.4. The molecule has 0 spiro atoms. The fourth-order valence-corrected chi connectivity index (χ4v) is 2.27. The molecule has 1 amide bonds. The third-order valence-electron chi connectivity index (χ3n) is 3.45. The van der Waals surface area contributed by atoms with Crippen LogP contribution >= 0.6 is 0 Å². The van der Waals surface area contributed by atoms with Crippen molar-refractivity contribution in [3.05, 3.63) is 42.5 Å². The van der Waals surface area contributed by atoms with Crippen molar-refractivity contribution in [3.63, 3.8) is 0 Å². The molecule has 6 nitrogen and oxygen atoms in total. The van der Waals surface area contributed by atoms with Crippen molar-refractivity contribution in [2.45, 2.75) is 18.9 Å². The lowest BCUT2D eigenvalue weighted by Gasteiger charge is -2.14. The number of fused-ring (bicyclic) bond motifs is 1. The summed E-state index contributed by atoms with van der Waals surface area (Å²) in [7, 11) is 0. The van der Waals surface area contributed by atoms with Crippen molar-refractivity contribution in [3.8, 4) is 0 Å². The lowest BCUT2D eigenvalue weighted by Crippen LogP contribution is -2.40. The predicted molar refractivity (Wildman–Crippen MR) is 88.3 cm³/mol. The van der Waals surface area contributed by atoms with Crippen LogP contribution in [0.1, 0.15) is 12.8 Å². The van der Waals surface area contributed by atoms with Crippen LogP contribution in [0.15, 0.2) is 42.5 Å². The third-order valence-corrected chi connectivity index (χ3v) is 3.45. The second-order valence-electron chi connectivity index (χ2n) is 5.24. The van der Waals surface area contributed by atoms with Gasteiger partial charge in [-0.05, 0) is 35.9 Å². The highest BCUT2D eigenvalue weighted by Crippen LogP contribution is 2.19. The number of carboxylic acids is 1. The molecule has 122 valence electrons. The minimum absolute atomic E-state index is 0.0252. The van der Waals surface area contributed by atoms with Crippen molar-refractivity contribution in [2.75, 3.05) is 18.5 Å². The molecule has 1 atom stereocenters. The molecule has 2 rings (SSSR count). The molecule has 0 aliphatic rings. The maximum Gasteiger partial charge on any atom is 0.321 e. The van der Waals surface area contributed by atoms with E-state index in [1.54, 1.807) is 6.07 Å². The number of carbonyl (C=O) groups excluding carboxylic acids is 1. The maximum absolute atomic E-state index is 12.0. The molecule has 2 aromatic carbocycles. The van der Waals surface area contributed by atoms with Gasteiger partial charge in [-0.2, -0.15) is 0 Å². The van der Waals surface area contributed by atoms with E-state index in [2.05, 4.69) is 10.6 Å². The van der Waals surface area contributed by atoms with Gasteiger partial charge in [-0.15, -0.1) is 0 Å². The van der Waals surface area contributed by atoms with Crippen LogP contribution in [0.2, 0.25) is 0 Å². The normalized spacial score (nSPS) is 12.0. The van der Waals surface area contributed by atoms with E-state index in [0.717, 1.165) is 10.8 Å². The van der Waals surface area contributed by atoms with Crippen molar-refractivity contribution in [1.29, 1.82) is 0 Å². The molecule has 23 heavy (non-hydrogen) atoms. The summed E-state index contributed by atoms with van der Waals surface area (Å²) >= 11 is 0. The summed E-state index contributed by atoms with van der Waals surface area (Å²) < 4.78 is 0. The highest BCUT2D eigenvalue weighted by atomic mass is 16.4. The summed E-state index contributed by atoms with van der Waals surface area (Å²) in [5.74, 6) is -1.46. The number of rotatable bonds is 8. The van der Waals surface area contributed by atoms with Gasteiger partial charge in [0.15, 0.2) is 0 Å². The SMILES string of the molecule is O=C(CC(NCCCO)C(=O)O)Nc1ccc2ccccc2c1. The number of benzene rings is 2. The van der Waals surface area contributed by atoms with E-state index in [1.165, 1.54) is 0 Å². The molecule has 0 saturated heterocycles. The van der Waals surface area contributed by atoms with Gasteiger partial charge in [-0.25, -0.2) is 0 Å². The van der Waals surface area contributed by atoms with Crippen LogP contribution in [0.4, 0.5) is 5.69 Å². The molecule has 6 heteroatoms. The monoisotopic (exact) mass is 316 g/mol. The molecule has 0 saturated carbocycles. The first-order valence-electron chi connectivity index (χ1n) is 7.46. The number of aliphatic carboxylic acids is 1. The van der Waals surface area contributed by atoms with Crippen LogP contribution in [0.5, 0.6) is 0 Å². The van der Waals surface area contributed by atoms with Crippen molar-refractivity contribution < 1.29 is 19.8 Å². The highest BCUT2D eigenvalue weighted by Gasteiger charge is 2.20. The number of aliphatic hydroxyl groups is 1. The molecule has 0 aliphatic carbocycles. The lowest BCUT2D eigenvalue weighted by atomic mass is 10.1. The molecule has 0 aromatic heterocycles. The number of nitrogens with one attached hydrogen (secondary N) is 2. The molecule has 1 unspecified atom stereocenters. The van der Waals surface area contributed by atoms with Crippen molar-refractivity contribution in [2.24, 2.45) is 0 Å². The van der Waals surface area contributed by atoms with Gasteiger partial charge < -0.3 is 20.8 Å². The number of aliphatic hydroxyl groups excluding tert-OH is 1. The number of anilines is 1. The topological polar surface area (TPSA) is 98.7 Å². The Morgan fingerprint density at radius 1 is 1.09 bits per heavy atom. The molecular weight excluding hydrogens is 296 g/mol. The van der Waals surface area contributed by atoms with Gasteiger partial charge in [-0.3, -0.25) is 9.59 Å². The first-order chi connectivity index (χ1) is 11.1. The molecule has 0 aliphatic heterocycles. The molecular formula is C17H20N2O4. The van der Waals surface area contributed by atoms with Crippen LogP contribution in [0.25, 0.3) is 10.8 Å². The number of hydrogen-bond donors (Lipinski definition) is 4. The smallest absolute Gasteiger partial charge is 0.321 e. The molecule has 0 fully saturated rings. The van der Waals surface area contributed by atoms with Gasteiger partial charge in [0.1, 0.15) is 6.04 Å². The highest BCUT2D eigenvalue weighted by molar-refractivity contribution is 5.96. The minimum atomic E-state index is -1.09. The Bertz CT molecular complexity index is 687. The van der Waals surface area contributed by atoms with Gasteiger partial charge >= 0.3 is 5.97 Å². The average molecular weight is 316 g/mol. The number of carboxylic acid groups (broad SMARTS) is 1. The van der Waals surface area contributed by atoms with Crippen LogP contribution in [-0.2, 0) is 9.59 Å². The molecule has 0 radical (unpaired) electrons. The van der Waals surface area contributed by atoms with Gasteiger partial charge in [0.05, 0.1) is 6.42 Å². The van der Waals surface area contributed by atoms with E-state index in [0.29, 0.717) is 18.7 Å². The Balaban J connectivity index is 1.97. The first-order valence-corrected chi connectivity index (χ1v) is 7.46. The van der Waals surface area contributed by atoms with Crippen LogP contribution in [0, 0.1) is 0 Å². The van der Waals surface area contributed by atoms with E-state index >= 15 is 0 Å². The van der Waals surface area contributed by atoms with Crippen LogP contribution < -0.4 is 10.6 Å². The molecule has 2 aromatic rings. The fraction of sp³-hybridized carbons (Fsp3) is 0.294. The van der Waals surface area contributed by atoms with Gasteiger partial charge in [0, 0.05) is 12.3 Å². The lowest BCUT2D eigenvalue weighted by molar-refractivity contribution is -0.141. The van der Waals surface area contributed by atoms with E-state index in [-0.39, 0.29) is 18.9 Å². The van der Waals surface area contributed by atoms with Gasteiger partial charge in [0.25, 0.3) is 0 Å². The summed E-state index contributed by atoms with van der Waals surface area (Å²) in [6, 6.07) is 12.3. The summed E-state index contributed by atoms with van der Waals surface area (Å²) in [4.78, 5) is 23.2. The standard InChI is InChI=1S/C17H20N2O4/c20-9-3-8-18-15(17(22)23)11-16(21)19-14-7-6-12-4-1-2-5-13(12)10-14/h1-2,4-7,10,15,18,20H,3,8-9,11H2,(H,19,21)(H,22,23). The molecule has 0 bridgehead atoms. The van der Waals surface area contributed by atoms with E-state index in [9.17, 15) is 9.59 Å². The largest absolute Gasteiger partial charge is 0.480 e. The van der Waals surface area contributed by atoms with Gasteiger partial charge in [-0.1, -0.05) is 30.3 Å². The van der Waals surface area contributed by atoms with Crippen LogP contribution in [0.3, 0.4) is 0 Å². The molecule has 0 heterocycles. The quantitative estimate of drug-likeness (QED) is 0.554.